The zero-order valence-electron chi connectivity index (χ0n) is 32.5. The molecule has 0 bridgehead atoms. The van der Waals surface area contributed by atoms with Crippen molar-refractivity contribution in [2.24, 2.45) is 0 Å². The van der Waals surface area contributed by atoms with Gasteiger partial charge in [-0.25, -0.2) is 4.98 Å². The number of fused-ring (bicyclic) bond motifs is 1. The van der Waals surface area contributed by atoms with Crippen LogP contribution in [-0.4, -0.2) is 29.3 Å². The van der Waals surface area contributed by atoms with Gasteiger partial charge < -0.3 is 18.9 Å². The van der Waals surface area contributed by atoms with Gasteiger partial charge in [-0.15, -0.1) is 10.2 Å². The number of aromatic amines is 1. The number of aromatic nitrogens is 6. The van der Waals surface area contributed by atoms with Crippen molar-refractivity contribution in [2.75, 3.05) is 0 Å². The number of para-hydroxylation sites is 1. The van der Waals surface area contributed by atoms with Crippen LogP contribution in [0.4, 0.5) is 0 Å². The average Bonchev–Trinajstić information content (AvgIpc) is 4.03. The molecule has 0 spiro atoms. The molecule has 0 saturated heterocycles. The lowest BCUT2D eigenvalue weighted by Gasteiger charge is -2.37. The molecular formula is C51H46N6O. The summed E-state index contributed by atoms with van der Waals surface area (Å²) in [5, 5.41) is 10.9. The van der Waals surface area contributed by atoms with E-state index in [1.165, 1.54) is 27.6 Å². The number of nitrogens with one attached hydrogen (secondary N) is 1. The monoisotopic (exact) mass is 758 g/mol. The molecule has 7 nitrogen and oxygen atoms in total. The summed E-state index contributed by atoms with van der Waals surface area (Å²) in [5.74, 6) is 2.80. The summed E-state index contributed by atoms with van der Waals surface area (Å²) in [6.45, 7) is 1.31. The Kier molecular flexibility index (Phi) is 10.8. The number of aryl methyl sites for hydroxylation is 3. The molecule has 0 unspecified atom stereocenters. The van der Waals surface area contributed by atoms with E-state index in [2.05, 4.69) is 172 Å². The van der Waals surface area contributed by atoms with Crippen molar-refractivity contribution >= 4 is 10.9 Å². The van der Waals surface area contributed by atoms with Crippen molar-refractivity contribution in [3.8, 4) is 5.75 Å². The van der Waals surface area contributed by atoms with Gasteiger partial charge in [-0.3, -0.25) is 0 Å². The zero-order chi connectivity index (χ0) is 39.0. The van der Waals surface area contributed by atoms with Gasteiger partial charge >= 0.3 is 0 Å². The molecule has 286 valence electrons. The number of H-pyrrole nitrogens is 1. The van der Waals surface area contributed by atoms with Crippen LogP contribution in [0.15, 0.2) is 189 Å². The topological polar surface area (TPSA) is 73.6 Å². The fourth-order valence-electron chi connectivity index (χ4n) is 8.28. The van der Waals surface area contributed by atoms with Crippen LogP contribution >= 0.6 is 0 Å². The Morgan fingerprint density at radius 3 is 1.91 bits per heavy atom. The Balaban J connectivity index is 0.981. The molecule has 3 aromatic heterocycles. The van der Waals surface area contributed by atoms with E-state index in [-0.39, 0.29) is 0 Å². The van der Waals surface area contributed by atoms with Gasteiger partial charge in [0.1, 0.15) is 29.5 Å². The molecule has 0 saturated carbocycles. The second kappa shape index (κ2) is 17.0. The molecule has 0 fully saturated rings. The lowest BCUT2D eigenvalue weighted by atomic mass is 9.77. The first kappa shape index (κ1) is 36.6. The van der Waals surface area contributed by atoms with E-state index in [4.69, 9.17) is 19.9 Å². The predicted octanol–water partition coefficient (Wildman–Crippen LogP) is 10.4. The normalized spacial score (nSPS) is 11.6. The summed E-state index contributed by atoms with van der Waals surface area (Å²) >= 11 is 0. The van der Waals surface area contributed by atoms with E-state index < -0.39 is 5.54 Å². The van der Waals surface area contributed by atoms with Crippen molar-refractivity contribution in [2.45, 2.75) is 50.8 Å². The lowest BCUT2D eigenvalue weighted by molar-refractivity contribution is 0.306. The molecule has 9 rings (SSSR count). The third-order valence-corrected chi connectivity index (χ3v) is 11.1. The van der Waals surface area contributed by atoms with E-state index in [1.807, 2.05) is 30.6 Å². The minimum absolute atomic E-state index is 0.525. The van der Waals surface area contributed by atoms with Crippen LogP contribution in [0.25, 0.3) is 10.9 Å². The number of ether oxygens (including phenoxy) is 1. The summed E-state index contributed by atoms with van der Waals surface area (Å²) in [5.41, 5.74) is 8.72. The third-order valence-electron chi connectivity index (χ3n) is 11.1. The Morgan fingerprint density at radius 2 is 1.21 bits per heavy atom. The van der Waals surface area contributed by atoms with Crippen molar-refractivity contribution < 1.29 is 4.74 Å². The van der Waals surface area contributed by atoms with Gasteiger partial charge in [0.2, 0.25) is 0 Å². The highest BCUT2D eigenvalue weighted by Crippen LogP contribution is 2.41. The zero-order valence-corrected chi connectivity index (χ0v) is 32.5. The quantitative estimate of drug-likeness (QED) is 0.0996. The summed E-state index contributed by atoms with van der Waals surface area (Å²) < 4.78 is 10.8. The van der Waals surface area contributed by atoms with Crippen LogP contribution in [-0.2, 0) is 44.4 Å². The SMILES string of the molecule is c1ccc(COc2cccc(Cc3nnc(CCc4c[nH]c5ccccc45)n3CCCc3cn(C(c4ccccc4)(c4ccccc4)c4ccccc4)cn3)c2)cc1. The third kappa shape index (κ3) is 7.71. The summed E-state index contributed by atoms with van der Waals surface area (Å²) in [7, 11) is 0. The second-order valence-corrected chi connectivity index (χ2v) is 14.8. The first-order valence-electron chi connectivity index (χ1n) is 20.2. The maximum atomic E-state index is 6.19. The van der Waals surface area contributed by atoms with Gasteiger partial charge in [0.05, 0.1) is 12.0 Å². The minimum Gasteiger partial charge on any atom is -0.489 e. The highest BCUT2D eigenvalue weighted by molar-refractivity contribution is 5.83. The molecule has 3 heterocycles. The summed E-state index contributed by atoms with van der Waals surface area (Å²) in [4.78, 5) is 8.48. The van der Waals surface area contributed by atoms with E-state index in [9.17, 15) is 0 Å². The highest BCUT2D eigenvalue weighted by Gasteiger charge is 2.38. The van der Waals surface area contributed by atoms with Gasteiger partial charge in [-0.05, 0) is 70.8 Å². The first-order chi connectivity index (χ1) is 28.7. The molecule has 0 radical (unpaired) electrons. The van der Waals surface area contributed by atoms with Crippen LogP contribution in [0.1, 0.15) is 57.1 Å². The van der Waals surface area contributed by atoms with Gasteiger partial charge in [0.15, 0.2) is 0 Å². The van der Waals surface area contributed by atoms with E-state index in [1.54, 1.807) is 0 Å². The Hall–Kier alpha value is -6.99. The summed E-state index contributed by atoms with van der Waals surface area (Å²) in [6.07, 6.45) is 10.4. The summed E-state index contributed by atoms with van der Waals surface area (Å²) in [6, 6.07) is 59.4. The van der Waals surface area contributed by atoms with Crippen molar-refractivity contribution in [3.63, 3.8) is 0 Å². The Morgan fingerprint density at radius 1 is 0.586 bits per heavy atom. The van der Waals surface area contributed by atoms with Crippen LogP contribution < -0.4 is 4.74 Å². The molecule has 1 N–H and O–H groups in total. The number of rotatable bonds is 16. The molecule has 9 aromatic rings. The van der Waals surface area contributed by atoms with E-state index >= 15 is 0 Å². The molecule has 0 aliphatic carbocycles. The van der Waals surface area contributed by atoms with Crippen LogP contribution in [0.2, 0.25) is 0 Å². The number of nitrogens with zero attached hydrogens (tertiary/aromatic N) is 5. The molecular weight excluding hydrogens is 713 g/mol. The van der Waals surface area contributed by atoms with E-state index in [0.29, 0.717) is 13.0 Å². The number of imidazole rings is 1. The minimum atomic E-state index is -0.592. The van der Waals surface area contributed by atoms with Crippen LogP contribution in [0.3, 0.4) is 0 Å². The molecule has 7 heteroatoms. The van der Waals surface area contributed by atoms with Crippen molar-refractivity contribution in [1.29, 1.82) is 0 Å². The largest absolute Gasteiger partial charge is 0.489 e. The first-order valence-corrected chi connectivity index (χ1v) is 20.2. The number of hydrogen-bond acceptors (Lipinski definition) is 4. The molecule has 0 amide bonds. The maximum Gasteiger partial charge on any atom is 0.137 e. The average molecular weight is 759 g/mol. The lowest BCUT2D eigenvalue weighted by Crippen LogP contribution is -2.36. The molecule has 0 atom stereocenters. The van der Waals surface area contributed by atoms with Crippen LogP contribution in [0, 0.1) is 0 Å². The molecule has 58 heavy (non-hydrogen) atoms. The van der Waals surface area contributed by atoms with Crippen LogP contribution in [0.5, 0.6) is 5.75 Å². The number of benzene rings is 6. The Bertz CT molecular complexity index is 2590. The van der Waals surface area contributed by atoms with Gasteiger partial charge in [-0.1, -0.05) is 152 Å². The van der Waals surface area contributed by atoms with Crippen molar-refractivity contribution in [3.05, 3.63) is 239 Å². The van der Waals surface area contributed by atoms with Gasteiger partial charge in [-0.2, -0.15) is 0 Å². The fourth-order valence-corrected chi connectivity index (χ4v) is 8.28. The molecule has 0 aliphatic heterocycles. The highest BCUT2D eigenvalue weighted by atomic mass is 16.5. The van der Waals surface area contributed by atoms with E-state index in [0.717, 1.165) is 72.0 Å². The van der Waals surface area contributed by atoms with Gasteiger partial charge in [0.25, 0.3) is 0 Å². The predicted molar refractivity (Wildman–Crippen MR) is 231 cm³/mol. The fraction of sp³-hybridized carbons (Fsp3) is 0.157. The van der Waals surface area contributed by atoms with Crippen molar-refractivity contribution in [1.82, 2.24) is 29.3 Å². The maximum absolute atomic E-state index is 6.19. The Labute approximate surface area is 339 Å². The molecule has 0 aliphatic rings. The second-order valence-electron chi connectivity index (χ2n) is 14.8. The standard InChI is InChI=1S/C51H46N6O/c1-5-17-39(18-6-1)37-58-46-27-15-19-40(33-46)34-50-55-54-49(31-30-41-35-52-48-29-14-13-28-47(41)48)57(50)32-16-26-45-36-56(38-53-45)51(42-20-7-2-8-21-42,43-22-9-3-10-23-43)44-24-11-4-12-25-44/h1-15,17-25,27-29,33,35-36,38,52H,16,26,30-32,34,37H2. The smallest absolute Gasteiger partial charge is 0.137 e. The molecule has 6 aromatic carbocycles. The number of hydrogen-bond donors (Lipinski definition) is 1. The van der Waals surface area contributed by atoms with Gasteiger partial charge in [0, 0.05) is 42.7 Å².